The number of amides is 2. The number of sulfone groups is 1. The maximum atomic E-state index is 13.1. The number of carboxylic acid groups (broad SMARTS) is 1. The first kappa shape index (κ1) is 27.3. The number of carboxylic acids is 1. The molecule has 0 fully saturated rings. The number of para-hydroxylation sites is 1. The van der Waals surface area contributed by atoms with Gasteiger partial charge in [-0.2, -0.15) is 0 Å². The van der Waals surface area contributed by atoms with Gasteiger partial charge in [0, 0.05) is 36.1 Å². The molecule has 5 rings (SSSR count). The summed E-state index contributed by atoms with van der Waals surface area (Å²) in [4.78, 5) is 33.3. The fourth-order valence-electron chi connectivity index (χ4n) is 4.25. The molecule has 0 saturated heterocycles. The highest BCUT2D eigenvalue weighted by molar-refractivity contribution is 7.91. The van der Waals surface area contributed by atoms with Crippen LogP contribution in [-0.2, 0) is 21.1 Å². The van der Waals surface area contributed by atoms with Crippen molar-refractivity contribution in [3.8, 4) is 0 Å². The minimum absolute atomic E-state index is 0.00340. The molecule has 0 aliphatic rings. The molecule has 41 heavy (non-hydrogen) atoms. The lowest BCUT2D eigenvalue weighted by Gasteiger charge is -2.17. The number of benzene rings is 3. The summed E-state index contributed by atoms with van der Waals surface area (Å²) in [5, 5.41) is 19.8. The van der Waals surface area contributed by atoms with Crippen LogP contribution in [0.15, 0.2) is 119 Å². The Labute approximate surface area is 236 Å². The maximum Gasteiger partial charge on any atom is 0.326 e. The number of nitrogens with zero attached hydrogens (tertiary/aromatic N) is 2. The van der Waals surface area contributed by atoms with Crippen LogP contribution < -0.4 is 16.0 Å². The molecule has 0 aliphatic heterocycles. The van der Waals surface area contributed by atoms with E-state index in [2.05, 4.69) is 25.9 Å². The van der Waals surface area contributed by atoms with Crippen molar-refractivity contribution in [3.05, 3.63) is 115 Å². The van der Waals surface area contributed by atoms with Crippen molar-refractivity contribution >= 4 is 49.8 Å². The number of urea groups is 1. The van der Waals surface area contributed by atoms with Gasteiger partial charge in [0.25, 0.3) is 0 Å². The van der Waals surface area contributed by atoms with Crippen LogP contribution in [0.1, 0.15) is 5.56 Å². The summed E-state index contributed by atoms with van der Waals surface area (Å²) >= 11 is 0. The first-order valence-corrected chi connectivity index (χ1v) is 14.0. The number of hydrogen-bond donors (Lipinski definition) is 4. The highest BCUT2D eigenvalue weighted by Gasteiger charge is 2.24. The number of aliphatic carboxylic acids is 1. The molecule has 11 heteroatoms. The Kier molecular flexibility index (Phi) is 7.88. The average Bonchev–Trinajstić information content (AvgIpc) is 2.98. The van der Waals surface area contributed by atoms with Gasteiger partial charge in [-0.3, -0.25) is 4.98 Å². The smallest absolute Gasteiger partial charge is 0.326 e. The summed E-state index contributed by atoms with van der Waals surface area (Å²) in [7, 11) is -3.92. The predicted octanol–water partition coefficient (Wildman–Crippen LogP) is 5.02. The summed E-state index contributed by atoms with van der Waals surface area (Å²) in [5.74, 6) is -0.598. The molecule has 10 nitrogen and oxygen atoms in total. The van der Waals surface area contributed by atoms with E-state index in [0.29, 0.717) is 11.4 Å². The fourth-order valence-corrected chi connectivity index (χ4v) is 5.69. The molecule has 2 heterocycles. The van der Waals surface area contributed by atoms with Crippen molar-refractivity contribution in [2.75, 3.05) is 10.6 Å². The predicted molar refractivity (Wildman–Crippen MR) is 155 cm³/mol. The van der Waals surface area contributed by atoms with Gasteiger partial charge in [-0.1, -0.05) is 42.5 Å². The number of anilines is 3. The molecule has 1 unspecified atom stereocenters. The highest BCUT2D eigenvalue weighted by Crippen LogP contribution is 2.28. The zero-order chi connectivity index (χ0) is 28.8. The van der Waals surface area contributed by atoms with Gasteiger partial charge in [-0.05, 0) is 59.5 Å². The second-order valence-corrected chi connectivity index (χ2v) is 11.0. The Morgan fingerprint density at radius 3 is 2.32 bits per heavy atom. The molecule has 3 aromatic carbocycles. The zero-order valence-corrected chi connectivity index (χ0v) is 22.4. The standard InChI is InChI=1S/C30H25N5O5S/c36-29(37)26(18-20-10-12-22(13-11-20)33-28-24-19-31-16-14-21(24)15-17-32-28)35-30(38)34-25-8-4-5-9-27(25)41(39,40)23-6-2-1-3-7-23/h1-17,19,26H,18H2,(H,32,33)(H,36,37)(H2,34,35,38). The van der Waals surface area contributed by atoms with E-state index in [9.17, 15) is 23.1 Å². The number of nitrogens with one attached hydrogen (secondary N) is 3. The Hall–Kier alpha value is -5.29. The second kappa shape index (κ2) is 11.8. The van der Waals surface area contributed by atoms with Crippen LogP contribution in [0.2, 0.25) is 0 Å². The van der Waals surface area contributed by atoms with Crippen LogP contribution in [0.4, 0.5) is 22.0 Å². The number of fused-ring (bicyclic) bond motifs is 1. The summed E-state index contributed by atoms with van der Waals surface area (Å²) < 4.78 is 26.3. The normalized spacial score (nSPS) is 11.9. The van der Waals surface area contributed by atoms with E-state index in [1.54, 1.807) is 73.2 Å². The van der Waals surface area contributed by atoms with Gasteiger partial charge in [0.2, 0.25) is 9.84 Å². The topological polar surface area (TPSA) is 150 Å². The molecule has 0 radical (unpaired) electrons. The van der Waals surface area contributed by atoms with Crippen LogP contribution in [0.3, 0.4) is 0 Å². The van der Waals surface area contributed by atoms with Gasteiger partial charge in [0.05, 0.1) is 15.5 Å². The molecule has 2 amide bonds. The van der Waals surface area contributed by atoms with Gasteiger partial charge in [-0.25, -0.2) is 23.0 Å². The van der Waals surface area contributed by atoms with E-state index in [-0.39, 0.29) is 21.9 Å². The Morgan fingerprint density at radius 2 is 1.56 bits per heavy atom. The van der Waals surface area contributed by atoms with Crippen molar-refractivity contribution in [1.29, 1.82) is 0 Å². The first-order valence-electron chi connectivity index (χ1n) is 12.6. The number of pyridine rings is 2. The number of aromatic nitrogens is 2. The molecule has 4 N–H and O–H groups in total. The molecular formula is C30H25N5O5S. The van der Waals surface area contributed by atoms with Crippen LogP contribution in [0, 0.1) is 0 Å². The lowest BCUT2D eigenvalue weighted by Crippen LogP contribution is -2.44. The lowest BCUT2D eigenvalue weighted by molar-refractivity contribution is -0.139. The second-order valence-electron chi connectivity index (χ2n) is 9.08. The van der Waals surface area contributed by atoms with E-state index in [1.807, 2.05) is 12.1 Å². The van der Waals surface area contributed by atoms with Crippen LogP contribution in [0.25, 0.3) is 10.8 Å². The monoisotopic (exact) mass is 567 g/mol. The number of rotatable bonds is 9. The van der Waals surface area contributed by atoms with Crippen LogP contribution in [-0.4, -0.2) is 41.5 Å². The summed E-state index contributed by atoms with van der Waals surface area (Å²) in [6.45, 7) is 0. The molecule has 0 spiro atoms. The third-order valence-corrected chi connectivity index (χ3v) is 8.13. The van der Waals surface area contributed by atoms with E-state index >= 15 is 0 Å². The van der Waals surface area contributed by atoms with Gasteiger partial charge < -0.3 is 21.1 Å². The van der Waals surface area contributed by atoms with Gasteiger partial charge in [0.15, 0.2) is 0 Å². The van der Waals surface area contributed by atoms with Crippen molar-refractivity contribution < 1.29 is 23.1 Å². The Morgan fingerprint density at radius 1 is 0.854 bits per heavy atom. The molecular weight excluding hydrogens is 542 g/mol. The van der Waals surface area contributed by atoms with Crippen molar-refractivity contribution in [3.63, 3.8) is 0 Å². The third kappa shape index (κ3) is 6.31. The Bertz CT molecular complexity index is 1810. The summed E-state index contributed by atoms with van der Waals surface area (Å²) in [6, 6.07) is 22.5. The average molecular weight is 568 g/mol. The minimum Gasteiger partial charge on any atom is -0.480 e. The fraction of sp³-hybridized carbons (Fsp3) is 0.0667. The van der Waals surface area contributed by atoms with E-state index in [4.69, 9.17) is 0 Å². The zero-order valence-electron chi connectivity index (χ0n) is 21.6. The summed E-state index contributed by atoms with van der Waals surface area (Å²) in [6.07, 6.45) is 5.13. The molecule has 0 aliphatic carbocycles. The molecule has 0 saturated carbocycles. The maximum absolute atomic E-state index is 13.1. The molecule has 2 aromatic heterocycles. The van der Waals surface area contributed by atoms with E-state index in [0.717, 1.165) is 16.5 Å². The lowest BCUT2D eigenvalue weighted by atomic mass is 10.1. The number of carbonyl (C=O) groups excluding carboxylic acids is 1. The van der Waals surface area contributed by atoms with Gasteiger partial charge in [-0.15, -0.1) is 0 Å². The van der Waals surface area contributed by atoms with E-state index < -0.39 is 27.9 Å². The van der Waals surface area contributed by atoms with Crippen molar-refractivity contribution in [1.82, 2.24) is 15.3 Å². The van der Waals surface area contributed by atoms with Gasteiger partial charge >= 0.3 is 12.0 Å². The van der Waals surface area contributed by atoms with Crippen molar-refractivity contribution in [2.45, 2.75) is 22.3 Å². The van der Waals surface area contributed by atoms with Crippen LogP contribution in [0.5, 0.6) is 0 Å². The molecule has 1 atom stereocenters. The minimum atomic E-state index is -3.92. The first-order chi connectivity index (χ1) is 19.8. The largest absolute Gasteiger partial charge is 0.480 e. The number of carbonyl (C=O) groups is 2. The SMILES string of the molecule is O=C(Nc1ccccc1S(=O)(=O)c1ccccc1)NC(Cc1ccc(Nc2nccc3ccncc23)cc1)C(=O)O. The third-order valence-electron chi connectivity index (χ3n) is 6.31. The number of hydrogen-bond acceptors (Lipinski definition) is 7. The van der Waals surface area contributed by atoms with Crippen LogP contribution >= 0.6 is 0 Å². The highest BCUT2D eigenvalue weighted by atomic mass is 32.2. The molecule has 5 aromatic rings. The summed E-state index contributed by atoms with van der Waals surface area (Å²) in [5.41, 5.74) is 1.44. The molecule has 206 valence electrons. The quantitative estimate of drug-likeness (QED) is 0.194. The molecule has 0 bridgehead atoms. The van der Waals surface area contributed by atoms with Crippen molar-refractivity contribution in [2.24, 2.45) is 0 Å². The van der Waals surface area contributed by atoms with Gasteiger partial charge in [0.1, 0.15) is 11.9 Å². The Balaban J connectivity index is 1.26. The van der Waals surface area contributed by atoms with E-state index in [1.165, 1.54) is 24.3 Å².